The highest BCUT2D eigenvalue weighted by atomic mass is 28.4. The van der Waals surface area contributed by atoms with Crippen molar-refractivity contribution < 1.29 is 33.0 Å². The van der Waals surface area contributed by atoms with Crippen LogP contribution >= 0.6 is 0 Å². The minimum absolute atomic E-state index is 0.118. The monoisotopic (exact) mass is 512 g/mol. The second-order valence-corrected chi connectivity index (χ2v) is 19.9. The average Bonchev–Trinajstić information content (AvgIpc) is 2.68. The van der Waals surface area contributed by atoms with Crippen molar-refractivity contribution in [1.29, 1.82) is 0 Å². The van der Waals surface area contributed by atoms with Crippen LogP contribution in [0.25, 0.3) is 6.08 Å². The molecule has 0 atom stereocenters. The van der Waals surface area contributed by atoms with Crippen LogP contribution in [0, 0.1) is 0 Å². The molecule has 0 aliphatic heterocycles. The molecule has 0 unspecified atom stereocenters. The van der Waals surface area contributed by atoms with Crippen molar-refractivity contribution in [1.82, 2.24) is 0 Å². The maximum Gasteiger partial charge on any atom is 0.328 e. The lowest BCUT2D eigenvalue weighted by atomic mass is 9.99. The second kappa shape index (κ2) is 13.3. The Labute approximate surface area is 203 Å². The van der Waals surface area contributed by atoms with Gasteiger partial charge in [0.25, 0.3) is 0 Å². The van der Waals surface area contributed by atoms with Crippen LogP contribution in [0.3, 0.4) is 0 Å². The van der Waals surface area contributed by atoms with Gasteiger partial charge in [-0.15, -0.1) is 0 Å². The van der Waals surface area contributed by atoms with E-state index in [2.05, 4.69) is 39.3 Å². The van der Waals surface area contributed by atoms with E-state index in [-0.39, 0.29) is 5.91 Å². The number of carboxylic acid groups (broad SMARTS) is 1. The Hall–Kier alpha value is -1.60. The third-order valence-corrected chi connectivity index (χ3v) is 7.98. The van der Waals surface area contributed by atoms with Gasteiger partial charge in [0.05, 0.1) is 21.3 Å². The number of carbonyl (C=O) groups is 1. The van der Waals surface area contributed by atoms with Gasteiger partial charge >= 0.3 is 5.97 Å². The smallest absolute Gasteiger partial charge is 0.328 e. The maximum absolute atomic E-state index is 11.1. The number of benzene rings is 1. The van der Waals surface area contributed by atoms with Crippen molar-refractivity contribution in [3.05, 3.63) is 23.3 Å². The summed E-state index contributed by atoms with van der Waals surface area (Å²) in [6, 6.07) is 2.80. The molecule has 1 aromatic rings. The van der Waals surface area contributed by atoms with E-state index < -0.39 is 22.6 Å². The summed E-state index contributed by atoms with van der Waals surface area (Å²) < 4.78 is 29.2. The highest BCUT2D eigenvalue weighted by Gasteiger charge is 2.27. The molecule has 0 aliphatic rings. The van der Waals surface area contributed by atoms with Crippen LogP contribution in [-0.4, -0.2) is 64.5 Å². The Morgan fingerprint density at radius 2 is 1.55 bits per heavy atom. The predicted molar refractivity (Wildman–Crippen MR) is 139 cm³/mol. The predicted octanol–water partition coefficient (Wildman–Crippen LogP) is 5.24. The van der Waals surface area contributed by atoms with Gasteiger partial charge in [0.2, 0.25) is 5.75 Å². The lowest BCUT2D eigenvalue weighted by molar-refractivity contribution is -0.131. The first kappa shape index (κ1) is 29.4. The molecule has 1 rings (SSSR count). The van der Waals surface area contributed by atoms with E-state index >= 15 is 0 Å². The van der Waals surface area contributed by atoms with Crippen molar-refractivity contribution in [2.24, 2.45) is 0 Å². The van der Waals surface area contributed by atoms with Crippen LogP contribution in [0.4, 0.5) is 0 Å². The minimum atomic E-state index is -1.69. The summed E-state index contributed by atoms with van der Waals surface area (Å²) in [7, 11) is 1.89. The summed E-state index contributed by atoms with van der Waals surface area (Å²) in [6.45, 7) is 13.1. The zero-order valence-corrected chi connectivity index (χ0v) is 24.5. The van der Waals surface area contributed by atoms with Crippen molar-refractivity contribution in [3.63, 3.8) is 0 Å². The maximum atomic E-state index is 11.1. The first-order valence-corrected chi connectivity index (χ1v) is 19.2. The van der Waals surface area contributed by atoms with E-state index in [0.717, 1.165) is 42.5 Å². The van der Waals surface area contributed by atoms with Gasteiger partial charge < -0.3 is 28.2 Å². The molecule has 0 fully saturated rings. The molecule has 0 saturated heterocycles. The molecular formula is C23H40O7Si3. The van der Waals surface area contributed by atoms with Crippen molar-refractivity contribution in [3.8, 4) is 17.2 Å². The minimum Gasteiger partial charge on any atom is -0.493 e. The van der Waals surface area contributed by atoms with Crippen molar-refractivity contribution in [2.75, 3.05) is 21.3 Å². The zero-order chi connectivity index (χ0) is 25.2. The molecule has 7 nitrogen and oxygen atoms in total. The molecule has 33 heavy (non-hydrogen) atoms. The average molecular weight is 513 g/mol. The van der Waals surface area contributed by atoms with Crippen LogP contribution in [0.15, 0.2) is 12.1 Å². The van der Waals surface area contributed by atoms with Gasteiger partial charge in [0, 0.05) is 11.6 Å². The van der Waals surface area contributed by atoms with Crippen molar-refractivity contribution in [2.45, 2.75) is 70.5 Å². The van der Waals surface area contributed by atoms with E-state index in [0.29, 0.717) is 26.8 Å². The normalized spacial score (nSPS) is 12.4. The Morgan fingerprint density at radius 1 is 0.970 bits per heavy atom. The number of carboxylic acids is 1. The molecule has 0 aliphatic carbocycles. The third kappa shape index (κ3) is 10.9. The van der Waals surface area contributed by atoms with Gasteiger partial charge in [0.15, 0.2) is 28.1 Å². The largest absolute Gasteiger partial charge is 0.493 e. The Kier molecular flexibility index (Phi) is 11.9. The van der Waals surface area contributed by atoms with E-state index in [9.17, 15) is 4.79 Å². The fraction of sp³-hybridized carbons (Fsp3) is 0.609. The van der Waals surface area contributed by atoms with Gasteiger partial charge in [-0.1, -0.05) is 12.5 Å². The highest BCUT2D eigenvalue weighted by Crippen LogP contribution is 2.43. The number of hydrogen-bond donors (Lipinski definition) is 1. The molecule has 186 valence electrons. The lowest BCUT2D eigenvalue weighted by Crippen LogP contribution is -2.42. The first-order valence-electron chi connectivity index (χ1n) is 11.1. The number of ether oxygens (including phenoxy) is 3. The van der Waals surface area contributed by atoms with Gasteiger partial charge in [-0.25, -0.2) is 4.79 Å². The third-order valence-electron chi connectivity index (χ3n) is 4.46. The number of rotatable bonds is 15. The quantitative estimate of drug-likeness (QED) is 0.149. The standard InChI is InChI=1S/C23H40O7Si3/c1-26-19-16-17(13-14-20(24)25)18(21(27-2)22(19)28-3)12-10-11-15-31-23(29-32(4,5)6)30-33(7,8)9/h13-14,16,23H,10-12,15H2,1-9H3,(H,24,25)/b14-13+. The van der Waals surface area contributed by atoms with E-state index in [1.807, 2.05) is 0 Å². The molecule has 0 aromatic heterocycles. The van der Waals surface area contributed by atoms with Gasteiger partial charge in [-0.05, 0) is 69.8 Å². The van der Waals surface area contributed by atoms with Crippen molar-refractivity contribution >= 4 is 38.2 Å². The van der Waals surface area contributed by atoms with Gasteiger partial charge in [-0.2, -0.15) is 0 Å². The van der Waals surface area contributed by atoms with Crippen LogP contribution < -0.4 is 14.2 Å². The number of aliphatic carboxylic acids is 1. The summed E-state index contributed by atoms with van der Waals surface area (Å²) in [5, 5.41) is 9.09. The molecule has 1 N–H and O–H groups in total. The Bertz CT molecular complexity index is 783. The molecule has 0 saturated carbocycles. The molecular weight excluding hydrogens is 473 g/mol. The topological polar surface area (TPSA) is 83.5 Å². The second-order valence-electron chi connectivity index (χ2n) is 9.59. The zero-order valence-electron chi connectivity index (χ0n) is 21.5. The van der Waals surface area contributed by atoms with Crippen LogP contribution in [-0.2, 0) is 20.1 Å². The molecule has 0 spiro atoms. The Balaban J connectivity index is 2.94. The van der Waals surface area contributed by atoms with Crippen LogP contribution in [0.2, 0.25) is 45.3 Å². The summed E-state index contributed by atoms with van der Waals surface area (Å²) in [5.74, 6) is 0.460. The summed E-state index contributed by atoms with van der Waals surface area (Å²) >= 11 is 0. The highest BCUT2D eigenvalue weighted by molar-refractivity contribution is 6.71. The summed E-state index contributed by atoms with van der Waals surface area (Å²) in [4.78, 5) is 11.1. The SMILES string of the molecule is COc1cc(/C=C/C(=O)O)c(CCCC[Si]C(O[Si](C)(C)C)O[Si](C)(C)C)c(OC)c1OC. The first-order chi connectivity index (χ1) is 15.3. The number of unbranched alkanes of at least 4 members (excludes halogenated alkanes) is 1. The molecule has 10 heteroatoms. The fourth-order valence-electron chi connectivity index (χ4n) is 3.20. The number of methoxy groups -OCH3 is 3. The summed E-state index contributed by atoms with van der Waals surface area (Å²) in [5.41, 5.74) is 1.65. The molecule has 0 heterocycles. The Morgan fingerprint density at radius 3 is 2.00 bits per heavy atom. The molecule has 0 bridgehead atoms. The van der Waals surface area contributed by atoms with Gasteiger partial charge in [0.1, 0.15) is 15.4 Å². The molecule has 1 aromatic carbocycles. The fourth-order valence-corrected chi connectivity index (χ4v) is 8.15. The molecule has 0 amide bonds. The van der Waals surface area contributed by atoms with Crippen LogP contribution in [0.5, 0.6) is 17.2 Å². The van der Waals surface area contributed by atoms with E-state index in [4.69, 9.17) is 28.2 Å². The lowest BCUT2D eigenvalue weighted by Gasteiger charge is -2.31. The van der Waals surface area contributed by atoms with E-state index in [1.165, 1.54) is 0 Å². The van der Waals surface area contributed by atoms with E-state index in [1.54, 1.807) is 33.5 Å². The molecule has 2 radical (unpaired) electrons. The van der Waals surface area contributed by atoms with Gasteiger partial charge in [-0.3, -0.25) is 0 Å². The number of hydrogen-bond acceptors (Lipinski definition) is 6. The summed E-state index contributed by atoms with van der Waals surface area (Å²) in [6.07, 6.45) is 5.33. The van der Waals surface area contributed by atoms with Crippen LogP contribution in [0.1, 0.15) is 24.0 Å².